The molecule has 1 amide bonds. The highest BCUT2D eigenvalue weighted by molar-refractivity contribution is 7.80. The summed E-state index contributed by atoms with van der Waals surface area (Å²) >= 11 is 5.29. The minimum Gasteiger partial charge on any atom is -0.350 e. The third-order valence-corrected chi connectivity index (χ3v) is 3.92. The van der Waals surface area contributed by atoms with Gasteiger partial charge in [0.1, 0.15) is 6.04 Å². The molecule has 0 radical (unpaired) electrons. The van der Waals surface area contributed by atoms with Crippen molar-refractivity contribution in [3.05, 3.63) is 0 Å². The van der Waals surface area contributed by atoms with E-state index in [2.05, 4.69) is 19.2 Å². The van der Waals surface area contributed by atoms with Crippen LogP contribution < -0.4 is 5.32 Å². The standard InChI is InChI=1S/C12H20N2OS/c1-8(2)10-11(15)14(12(16)13-10)9-6-4-3-5-7-9/h8-10H,3-7H2,1-2H3,(H,13,16)/t10-/m0/s1. The predicted octanol–water partition coefficient (Wildman–Crippen LogP) is 2.06. The van der Waals surface area contributed by atoms with Crippen molar-refractivity contribution in [2.75, 3.05) is 0 Å². The van der Waals surface area contributed by atoms with E-state index in [-0.39, 0.29) is 11.9 Å². The first-order valence-electron chi connectivity index (χ1n) is 6.25. The van der Waals surface area contributed by atoms with Crippen LogP contribution in [0.15, 0.2) is 0 Å². The molecule has 1 saturated carbocycles. The zero-order chi connectivity index (χ0) is 11.7. The van der Waals surface area contributed by atoms with Crippen LogP contribution in [-0.2, 0) is 4.79 Å². The van der Waals surface area contributed by atoms with Gasteiger partial charge >= 0.3 is 0 Å². The highest BCUT2D eigenvalue weighted by Crippen LogP contribution is 2.26. The fourth-order valence-electron chi connectivity index (χ4n) is 2.65. The third kappa shape index (κ3) is 2.08. The van der Waals surface area contributed by atoms with Crippen molar-refractivity contribution >= 4 is 23.2 Å². The molecule has 0 aromatic heterocycles. The van der Waals surface area contributed by atoms with Gasteiger partial charge in [-0.15, -0.1) is 0 Å². The molecule has 2 aliphatic rings. The van der Waals surface area contributed by atoms with Gasteiger partial charge in [-0.3, -0.25) is 9.69 Å². The lowest BCUT2D eigenvalue weighted by Gasteiger charge is -2.30. The number of carbonyl (C=O) groups excluding carboxylic acids is 1. The van der Waals surface area contributed by atoms with Gasteiger partial charge in [-0.05, 0) is 31.0 Å². The number of carbonyl (C=O) groups is 1. The molecule has 0 aromatic rings. The summed E-state index contributed by atoms with van der Waals surface area (Å²) < 4.78 is 0. The van der Waals surface area contributed by atoms with Crippen molar-refractivity contribution in [1.29, 1.82) is 0 Å². The van der Waals surface area contributed by atoms with Gasteiger partial charge in [0.25, 0.3) is 5.91 Å². The first-order chi connectivity index (χ1) is 7.61. The summed E-state index contributed by atoms with van der Waals surface area (Å²) in [7, 11) is 0. The minimum atomic E-state index is -0.102. The molecule has 1 N–H and O–H groups in total. The normalized spacial score (nSPS) is 27.7. The number of nitrogens with one attached hydrogen (secondary N) is 1. The van der Waals surface area contributed by atoms with Gasteiger partial charge in [0.2, 0.25) is 0 Å². The Morgan fingerprint density at radius 2 is 1.94 bits per heavy atom. The highest BCUT2D eigenvalue weighted by atomic mass is 32.1. The average molecular weight is 240 g/mol. The maximum atomic E-state index is 12.2. The van der Waals surface area contributed by atoms with E-state index >= 15 is 0 Å². The zero-order valence-electron chi connectivity index (χ0n) is 10.0. The van der Waals surface area contributed by atoms with E-state index in [4.69, 9.17) is 12.2 Å². The molecule has 1 aliphatic heterocycles. The Balaban J connectivity index is 2.09. The maximum Gasteiger partial charge on any atom is 0.251 e. The summed E-state index contributed by atoms with van der Waals surface area (Å²) in [5.74, 6) is 0.492. The van der Waals surface area contributed by atoms with E-state index in [9.17, 15) is 4.79 Å². The Kier molecular flexibility index (Phi) is 3.47. The Bertz CT molecular complexity index is 297. The van der Waals surface area contributed by atoms with Crippen LogP contribution in [0.2, 0.25) is 0 Å². The third-order valence-electron chi connectivity index (χ3n) is 3.61. The number of amides is 1. The molecule has 4 heteroatoms. The van der Waals surface area contributed by atoms with Gasteiger partial charge in [-0.1, -0.05) is 33.1 Å². The lowest BCUT2D eigenvalue weighted by atomic mass is 9.94. The number of rotatable bonds is 2. The summed E-state index contributed by atoms with van der Waals surface area (Å²) in [5, 5.41) is 3.81. The zero-order valence-corrected chi connectivity index (χ0v) is 10.8. The molecule has 0 bridgehead atoms. The second-order valence-electron chi connectivity index (χ2n) is 5.17. The molecule has 2 rings (SSSR count). The molecule has 1 atom stereocenters. The molecular formula is C12H20N2OS. The van der Waals surface area contributed by atoms with Crippen LogP contribution in [0.25, 0.3) is 0 Å². The molecular weight excluding hydrogens is 220 g/mol. The molecule has 90 valence electrons. The van der Waals surface area contributed by atoms with Crippen LogP contribution in [0.5, 0.6) is 0 Å². The molecule has 2 fully saturated rings. The van der Waals surface area contributed by atoms with Crippen LogP contribution in [-0.4, -0.2) is 28.0 Å². The first-order valence-corrected chi connectivity index (χ1v) is 6.65. The average Bonchev–Trinajstić information content (AvgIpc) is 2.56. The van der Waals surface area contributed by atoms with E-state index < -0.39 is 0 Å². The smallest absolute Gasteiger partial charge is 0.251 e. The first kappa shape index (κ1) is 11.8. The molecule has 1 saturated heterocycles. The monoisotopic (exact) mass is 240 g/mol. The Morgan fingerprint density at radius 3 is 2.44 bits per heavy atom. The number of thiocarbonyl (C=S) groups is 1. The lowest BCUT2D eigenvalue weighted by Crippen LogP contribution is -2.42. The van der Waals surface area contributed by atoms with Gasteiger partial charge in [0.05, 0.1) is 0 Å². The van der Waals surface area contributed by atoms with E-state index in [1.165, 1.54) is 19.3 Å². The lowest BCUT2D eigenvalue weighted by molar-refractivity contribution is -0.129. The SMILES string of the molecule is CC(C)[C@@H]1NC(=S)N(C2CCCCC2)C1=O. The van der Waals surface area contributed by atoms with Crippen molar-refractivity contribution in [3.8, 4) is 0 Å². The Hall–Kier alpha value is -0.640. The fraction of sp³-hybridized carbons (Fsp3) is 0.833. The summed E-state index contributed by atoms with van der Waals surface area (Å²) in [4.78, 5) is 14.1. The number of hydrogen-bond acceptors (Lipinski definition) is 2. The number of hydrogen-bond donors (Lipinski definition) is 1. The quantitative estimate of drug-likeness (QED) is 0.750. The van der Waals surface area contributed by atoms with Crippen molar-refractivity contribution in [2.24, 2.45) is 5.92 Å². The van der Waals surface area contributed by atoms with E-state index in [0.29, 0.717) is 17.1 Å². The van der Waals surface area contributed by atoms with Gasteiger partial charge in [0.15, 0.2) is 5.11 Å². The summed E-state index contributed by atoms with van der Waals surface area (Å²) in [6.07, 6.45) is 5.97. The topological polar surface area (TPSA) is 32.3 Å². The minimum absolute atomic E-state index is 0.102. The van der Waals surface area contributed by atoms with Crippen molar-refractivity contribution in [2.45, 2.75) is 58.0 Å². The van der Waals surface area contributed by atoms with Crippen molar-refractivity contribution in [3.63, 3.8) is 0 Å². The predicted molar refractivity (Wildman–Crippen MR) is 68.1 cm³/mol. The van der Waals surface area contributed by atoms with Crippen LogP contribution in [0.1, 0.15) is 46.0 Å². The molecule has 1 aliphatic carbocycles. The van der Waals surface area contributed by atoms with Crippen LogP contribution in [0, 0.1) is 5.92 Å². The summed E-state index contributed by atoms with van der Waals surface area (Å²) in [5.41, 5.74) is 0. The molecule has 0 unspecified atom stereocenters. The maximum absolute atomic E-state index is 12.2. The van der Waals surface area contributed by atoms with E-state index in [1.807, 2.05) is 4.90 Å². The molecule has 16 heavy (non-hydrogen) atoms. The molecule has 3 nitrogen and oxygen atoms in total. The van der Waals surface area contributed by atoms with Crippen LogP contribution >= 0.6 is 12.2 Å². The van der Waals surface area contributed by atoms with Gasteiger partial charge < -0.3 is 5.32 Å². The Labute approximate surface area is 103 Å². The van der Waals surface area contributed by atoms with Crippen molar-refractivity contribution in [1.82, 2.24) is 10.2 Å². The Morgan fingerprint density at radius 1 is 1.31 bits per heavy atom. The number of nitrogens with zero attached hydrogens (tertiary/aromatic N) is 1. The van der Waals surface area contributed by atoms with E-state index in [1.54, 1.807) is 0 Å². The largest absolute Gasteiger partial charge is 0.350 e. The van der Waals surface area contributed by atoms with Gasteiger partial charge in [-0.2, -0.15) is 0 Å². The molecule has 0 aromatic carbocycles. The van der Waals surface area contributed by atoms with Gasteiger partial charge in [-0.25, -0.2) is 0 Å². The summed E-state index contributed by atoms with van der Waals surface area (Å²) in [6, 6.07) is 0.249. The van der Waals surface area contributed by atoms with Crippen LogP contribution in [0.4, 0.5) is 0 Å². The second-order valence-corrected chi connectivity index (χ2v) is 5.56. The van der Waals surface area contributed by atoms with Crippen LogP contribution in [0.3, 0.4) is 0 Å². The van der Waals surface area contributed by atoms with Gasteiger partial charge in [0, 0.05) is 6.04 Å². The second kappa shape index (κ2) is 4.70. The summed E-state index contributed by atoms with van der Waals surface area (Å²) in [6.45, 7) is 4.12. The molecule has 1 heterocycles. The molecule has 0 spiro atoms. The fourth-order valence-corrected chi connectivity index (χ4v) is 3.02. The van der Waals surface area contributed by atoms with E-state index in [0.717, 1.165) is 12.8 Å². The van der Waals surface area contributed by atoms with Crippen molar-refractivity contribution < 1.29 is 4.79 Å². The highest BCUT2D eigenvalue weighted by Gasteiger charge is 2.40.